The average molecular weight is 1460 g/mol. The largest absolute Gasteiger partial charge is 1.00 e. The van der Waals surface area contributed by atoms with E-state index >= 15 is 0 Å². The molecule has 0 bridgehead atoms. The molecule has 7 aromatic carbocycles. The van der Waals surface area contributed by atoms with Crippen molar-refractivity contribution in [3.05, 3.63) is 361 Å². The second-order valence-electron chi connectivity index (χ2n) is 23.0. The van der Waals surface area contributed by atoms with E-state index in [9.17, 15) is 62.6 Å². The van der Waals surface area contributed by atoms with E-state index in [4.69, 9.17) is 11.3 Å². The summed E-state index contributed by atoms with van der Waals surface area (Å²) in [6, 6.07) is 66.3. The van der Waals surface area contributed by atoms with Gasteiger partial charge in [-0.1, -0.05) is 177 Å². The van der Waals surface area contributed by atoms with Crippen LogP contribution in [0.15, 0.2) is 266 Å². The van der Waals surface area contributed by atoms with E-state index in [2.05, 4.69) is 121 Å². The molecule has 0 fully saturated rings. The first-order valence-corrected chi connectivity index (χ1v) is 32.7. The normalized spacial score (nSPS) is 11.9. The summed E-state index contributed by atoms with van der Waals surface area (Å²) in [5.41, 5.74) is 20.4. The number of Topliss-reactive ketones (excluding diaryl/α,β-unsaturated/α-hetero) is 1. The van der Waals surface area contributed by atoms with Crippen LogP contribution in [0.1, 0.15) is 149 Å². The number of alkyl halides is 12. The van der Waals surface area contributed by atoms with Gasteiger partial charge in [-0.3, -0.25) is 24.7 Å². The van der Waals surface area contributed by atoms with Crippen LogP contribution in [0, 0.1) is 0 Å². The van der Waals surface area contributed by atoms with Crippen LogP contribution in [-0.2, 0) is 50.4 Å². The number of hydrogen-bond donors (Lipinski definition) is 2. The molecule has 10 nitrogen and oxygen atoms in total. The second kappa shape index (κ2) is 41.3. The molecule has 3 radical (unpaired) electrons. The van der Waals surface area contributed by atoms with E-state index in [1.54, 1.807) is 68.8 Å². The minimum Gasteiger partial charge on any atom is -1.00 e. The van der Waals surface area contributed by atoms with E-state index in [-0.39, 0.29) is 64.7 Å². The predicted octanol–water partition coefficient (Wildman–Crippen LogP) is 17.2. The minimum atomic E-state index is -4.32. The Balaban J connectivity index is 0.000000338. The van der Waals surface area contributed by atoms with Crippen molar-refractivity contribution in [2.45, 2.75) is 104 Å². The van der Waals surface area contributed by atoms with Crippen LogP contribution in [0.2, 0.25) is 0 Å². The second-order valence-corrected chi connectivity index (χ2v) is 25.2. The van der Waals surface area contributed by atoms with Gasteiger partial charge in [-0.25, -0.2) is 0 Å². The van der Waals surface area contributed by atoms with Crippen molar-refractivity contribution in [2.75, 3.05) is 0 Å². The quantitative estimate of drug-likeness (QED) is 0.0185. The fraction of sp³-hybridized carbons (Fsp3) is 0.203. The number of carbonyl (C=O) groups excluding carboxylic acids is 1. The predicted molar refractivity (Wildman–Crippen MR) is 383 cm³/mol. The molecule has 3 N–H and O–H groups in total. The maximum absolute atomic E-state index is 12.5. The number of nitrogens with two attached hydrogens (primary N) is 1. The maximum atomic E-state index is 12.5. The number of aliphatic hydroxyl groups is 1. The zero-order valence-corrected chi connectivity index (χ0v) is 59.4. The van der Waals surface area contributed by atoms with Gasteiger partial charge in [-0.05, 0) is 168 Å². The van der Waals surface area contributed by atoms with E-state index in [1.807, 2.05) is 19.1 Å². The molecular weight excluding hydrogens is 1390 g/mol. The van der Waals surface area contributed by atoms with Crippen molar-refractivity contribution in [1.29, 1.82) is 0 Å². The Morgan fingerprint density at radius 3 is 0.933 bits per heavy atom. The van der Waals surface area contributed by atoms with Crippen molar-refractivity contribution in [3.8, 4) is 0 Å². The molecule has 0 saturated carbocycles. The number of rotatable bonds is 16. The van der Waals surface area contributed by atoms with Crippen molar-refractivity contribution in [2.24, 2.45) is 10.8 Å². The smallest absolute Gasteiger partial charge is 1.00 e. The molecule has 11 rings (SSSR count). The van der Waals surface area contributed by atoms with Gasteiger partial charge in [0.05, 0.1) is 34.4 Å². The van der Waals surface area contributed by atoms with Crippen LogP contribution in [0.3, 0.4) is 0 Å². The first kappa shape index (κ1) is 87.1. The van der Waals surface area contributed by atoms with E-state index in [1.165, 1.54) is 77.6 Å². The number of aromatic nitrogens is 4. The summed E-state index contributed by atoms with van der Waals surface area (Å²) in [7, 11) is -0.446. The summed E-state index contributed by atoms with van der Waals surface area (Å²) in [4.78, 5) is 30.7. The van der Waals surface area contributed by atoms with Crippen molar-refractivity contribution >= 4 is 38.0 Å². The zero-order chi connectivity index (χ0) is 73.3. The Labute approximate surface area is 623 Å². The molecule has 0 saturated heterocycles. The fourth-order valence-corrected chi connectivity index (χ4v) is 11.8. The van der Waals surface area contributed by atoms with Crippen molar-refractivity contribution in [3.63, 3.8) is 0 Å². The van der Waals surface area contributed by atoms with E-state index in [0.717, 1.165) is 99.0 Å². The molecule has 11 aromatic rings. The van der Waals surface area contributed by atoms with Crippen LogP contribution in [-0.4, -0.2) is 39.2 Å². The molecular formula is C79H74BF12N8NaO2P. The molecule has 25 heteroatoms. The fourth-order valence-electron chi connectivity index (χ4n) is 9.53. The SMILES string of the molecule is C.CC(=O)c1ccc(Cc2ccc(C(F)(F)F)cc2)nc1.CC(N)c1ccc(Cc2ccc(C(F)(F)F)cc2)nc1.CC(N=[N+]=[N-])c1ccc(Cc2ccc(C(F)(F)F)cc2)nc1.CC(O)c1ccc(Cc2ccc(C(F)(F)F)cc2)nc1.[B].[H-].[Na+].c1ccc(P(c2ccccc2)c2ccccc2)cc1. The van der Waals surface area contributed by atoms with Crippen LogP contribution in [0.5, 0.6) is 0 Å². The third-order valence-electron chi connectivity index (χ3n) is 15.2. The molecule has 0 amide bonds. The van der Waals surface area contributed by atoms with Gasteiger partial charge in [0.2, 0.25) is 0 Å². The summed E-state index contributed by atoms with van der Waals surface area (Å²) in [5, 5.41) is 17.1. The molecule has 0 aliphatic carbocycles. The van der Waals surface area contributed by atoms with Crippen molar-refractivity contribution in [1.82, 2.24) is 19.9 Å². The molecule has 535 valence electrons. The average Bonchev–Trinajstić information content (AvgIpc) is 0.842. The Bertz CT molecular complexity index is 4160. The van der Waals surface area contributed by atoms with Crippen LogP contribution in [0.25, 0.3) is 10.4 Å². The third-order valence-corrected chi connectivity index (χ3v) is 17.6. The van der Waals surface area contributed by atoms with Gasteiger partial charge < -0.3 is 12.3 Å². The molecule has 4 heterocycles. The molecule has 0 spiro atoms. The summed E-state index contributed by atoms with van der Waals surface area (Å²) < 4.78 is 149. The van der Waals surface area contributed by atoms with Crippen LogP contribution < -0.4 is 51.2 Å². The molecule has 0 aliphatic rings. The number of hydrogen-bond acceptors (Lipinski definition) is 8. The monoisotopic (exact) mass is 1460 g/mol. The van der Waals surface area contributed by atoms with E-state index in [0.29, 0.717) is 42.5 Å². The van der Waals surface area contributed by atoms with Gasteiger partial charge in [0.1, 0.15) is 0 Å². The van der Waals surface area contributed by atoms with Crippen LogP contribution in [0.4, 0.5) is 52.7 Å². The topological polar surface area (TPSA) is 164 Å². The van der Waals surface area contributed by atoms with Gasteiger partial charge >= 0.3 is 54.3 Å². The van der Waals surface area contributed by atoms with Gasteiger partial charge in [0.25, 0.3) is 0 Å². The first-order valence-electron chi connectivity index (χ1n) is 31.3. The zero-order valence-electron chi connectivity index (χ0n) is 57.5. The maximum Gasteiger partial charge on any atom is 1.00 e. The van der Waals surface area contributed by atoms with Gasteiger partial charge in [0.15, 0.2) is 5.78 Å². The number of ketones is 1. The number of benzene rings is 7. The molecule has 104 heavy (non-hydrogen) atoms. The standard InChI is InChI=1S/C18H15P.C15H13F3N4.C15H15F3N2.C15H14F3NO.C15H12F3NO.CH4.B.Na.H/c1-4-10-16(11-5-1)19(17-12-6-2-7-13-17)18-14-8-3-9-15-18;1-10(21-22-19)12-4-7-14(20-9-12)8-11-2-5-13(6-3-11)15(16,17)18;1-10(19)12-4-7-14(20-9-12)8-11-2-5-13(6-3-11)15(16,17)18;2*1-10(20)12-4-7-14(19-9-12)8-11-2-5-13(6-3-11)15(16,17)18;;;;/h1-15H;2-7,9-10H,8H2,1H3;2-7,9-10H,8,19H2,1H3;2-7,9-10,20H,8H2,1H3;2-7,9H,8H2,1H3;1H4;;;/q;;;;;;;+1;-1. The van der Waals surface area contributed by atoms with Gasteiger partial charge in [-0.15, -0.1) is 0 Å². The van der Waals surface area contributed by atoms with Gasteiger partial charge in [0, 0.05) is 98.2 Å². The first-order chi connectivity index (χ1) is 47.9. The number of halogens is 12. The summed E-state index contributed by atoms with van der Waals surface area (Å²) >= 11 is 0. The Morgan fingerprint density at radius 1 is 0.442 bits per heavy atom. The number of pyridine rings is 4. The number of carbonyl (C=O) groups is 1. The number of aliphatic hydroxyl groups excluding tert-OH is 1. The van der Waals surface area contributed by atoms with Crippen LogP contribution >= 0.6 is 7.92 Å². The summed E-state index contributed by atoms with van der Waals surface area (Å²) in [5.74, 6) is -0.0708. The Kier molecular flexibility index (Phi) is 34.6. The molecule has 3 atom stereocenters. The van der Waals surface area contributed by atoms with Gasteiger partial charge in [-0.2, -0.15) is 52.7 Å². The molecule has 0 aliphatic heterocycles. The van der Waals surface area contributed by atoms with E-state index < -0.39 is 61.0 Å². The van der Waals surface area contributed by atoms with Crippen molar-refractivity contribution < 1.29 is 93.6 Å². The number of nitrogens with zero attached hydrogens (tertiary/aromatic N) is 7. The summed E-state index contributed by atoms with van der Waals surface area (Å²) in [6.45, 7) is 6.72. The summed E-state index contributed by atoms with van der Waals surface area (Å²) in [6.07, 6.45) is -9.65. The third kappa shape index (κ3) is 28.4. The Morgan fingerprint density at radius 2 is 0.712 bits per heavy atom. The Hall–Kier alpha value is -9.31. The molecule has 4 aromatic heterocycles. The number of azide groups is 1. The minimum absolute atomic E-state index is 0. The molecule has 3 unspecified atom stereocenters.